The number of hydrogen-bond acceptors (Lipinski definition) is 4. The molecular formula is C18H14N4O2. The zero-order chi connectivity index (χ0) is 16.8. The summed E-state index contributed by atoms with van der Waals surface area (Å²) in [5, 5.41) is 11.2. The molecule has 2 aromatic carbocycles. The Labute approximate surface area is 137 Å². The van der Waals surface area contributed by atoms with Gasteiger partial charge in [0.1, 0.15) is 5.52 Å². The monoisotopic (exact) mass is 318 g/mol. The predicted molar refractivity (Wildman–Crippen MR) is 92.8 cm³/mol. The molecule has 0 radical (unpaired) electrons. The van der Waals surface area contributed by atoms with Crippen LogP contribution in [0.2, 0.25) is 0 Å². The molecule has 0 aliphatic rings. The summed E-state index contributed by atoms with van der Waals surface area (Å²) >= 11 is 0. The first-order valence-corrected chi connectivity index (χ1v) is 7.40. The fourth-order valence-electron chi connectivity index (χ4n) is 3.19. The van der Waals surface area contributed by atoms with Crippen LogP contribution in [0.3, 0.4) is 0 Å². The molecule has 0 atom stereocenters. The minimum atomic E-state index is -0.971. The van der Waals surface area contributed by atoms with Crippen LogP contribution in [-0.2, 0) is 7.05 Å². The van der Waals surface area contributed by atoms with E-state index in [1.165, 1.54) is 0 Å². The maximum absolute atomic E-state index is 12.0. The van der Waals surface area contributed by atoms with E-state index in [1.807, 2.05) is 48.0 Å². The topological polar surface area (TPSA) is 94.0 Å². The Morgan fingerprint density at radius 2 is 1.92 bits per heavy atom. The number of nitrogens with zero attached hydrogens (tertiary/aromatic N) is 3. The van der Waals surface area contributed by atoms with Crippen LogP contribution in [0, 0.1) is 0 Å². The molecule has 0 aliphatic carbocycles. The first-order chi connectivity index (χ1) is 11.6. The van der Waals surface area contributed by atoms with Crippen molar-refractivity contribution in [2.75, 3.05) is 5.73 Å². The number of nitrogen functional groups attached to an aromatic ring is 1. The van der Waals surface area contributed by atoms with Gasteiger partial charge in [-0.25, -0.2) is 14.8 Å². The van der Waals surface area contributed by atoms with Crippen molar-refractivity contribution in [3.63, 3.8) is 0 Å². The van der Waals surface area contributed by atoms with Gasteiger partial charge >= 0.3 is 5.97 Å². The van der Waals surface area contributed by atoms with Gasteiger partial charge in [-0.05, 0) is 5.56 Å². The molecule has 0 saturated heterocycles. The van der Waals surface area contributed by atoms with Crippen LogP contribution >= 0.6 is 0 Å². The Hall–Kier alpha value is -3.41. The van der Waals surface area contributed by atoms with Crippen molar-refractivity contribution >= 4 is 33.7 Å². The van der Waals surface area contributed by atoms with E-state index in [4.69, 9.17) is 5.73 Å². The van der Waals surface area contributed by atoms with E-state index in [9.17, 15) is 9.90 Å². The van der Waals surface area contributed by atoms with Gasteiger partial charge in [0.05, 0.1) is 16.8 Å². The number of nitrogens with two attached hydrogens (primary N) is 1. The third-order valence-electron chi connectivity index (χ3n) is 4.18. The number of carboxylic acid groups (broad SMARTS) is 1. The van der Waals surface area contributed by atoms with E-state index in [2.05, 4.69) is 9.97 Å². The molecule has 0 unspecified atom stereocenters. The Morgan fingerprint density at radius 3 is 2.62 bits per heavy atom. The molecule has 24 heavy (non-hydrogen) atoms. The van der Waals surface area contributed by atoms with Gasteiger partial charge < -0.3 is 15.4 Å². The summed E-state index contributed by atoms with van der Waals surface area (Å²) < 4.78 is 1.86. The number of rotatable bonds is 2. The minimum absolute atomic E-state index is 0.161. The summed E-state index contributed by atoms with van der Waals surface area (Å²) in [5.41, 5.74) is 8.85. The number of hydrogen-bond donors (Lipinski definition) is 2. The van der Waals surface area contributed by atoms with Gasteiger partial charge in [-0.3, -0.25) is 0 Å². The fraction of sp³-hybridized carbons (Fsp3) is 0.0556. The molecule has 0 spiro atoms. The molecule has 0 saturated carbocycles. The summed E-state index contributed by atoms with van der Waals surface area (Å²) in [4.78, 5) is 20.3. The molecule has 6 heteroatoms. The Balaban J connectivity index is 2.22. The molecule has 118 valence electrons. The second kappa shape index (κ2) is 5.06. The first kappa shape index (κ1) is 14.2. The lowest BCUT2D eigenvalue weighted by Crippen LogP contribution is -2.00. The second-order valence-corrected chi connectivity index (χ2v) is 5.58. The van der Waals surface area contributed by atoms with E-state index < -0.39 is 5.97 Å². The second-order valence-electron chi connectivity index (χ2n) is 5.58. The van der Waals surface area contributed by atoms with Crippen molar-refractivity contribution in [1.29, 1.82) is 0 Å². The van der Waals surface area contributed by atoms with Crippen molar-refractivity contribution in [3.8, 4) is 11.3 Å². The molecule has 4 aromatic rings. The van der Waals surface area contributed by atoms with E-state index >= 15 is 0 Å². The van der Waals surface area contributed by atoms with Gasteiger partial charge in [-0.1, -0.05) is 42.5 Å². The van der Waals surface area contributed by atoms with Gasteiger partial charge in [0.2, 0.25) is 5.95 Å². The quantitative estimate of drug-likeness (QED) is 0.592. The molecule has 0 aliphatic heterocycles. The number of aromatic nitrogens is 3. The maximum atomic E-state index is 12.0. The van der Waals surface area contributed by atoms with Crippen LogP contribution < -0.4 is 5.73 Å². The number of carbonyl (C=O) groups is 1. The lowest BCUT2D eigenvalue weighted by molar-refractivity contribution is 0.0699. The van der Waals surface area contributed by atoms with Crippen molar-refractivity contribution in [3.05, 3.63) is 54.2 Å². The van der Waals surface area contributed by atoms with Crippen LogP contribution in [0.25, 0.3) is 33.1 Å². The number of carboxylic acids is 1. The standard InChI is InChI=1S/C18H14N4O2/c1-22-15(10-5-3-2-4-6-10)13(17(23)24)12-8-7-11-9-20-18(19)21-14(11)16(12)22/h2-9H,1H3,(H,23,24)(H2,19,20,21). The highest BCUT2D eigenvalue weighted by molar-refractivity contribution is 6.16. The Bertz CT molecular complexity index is 1100. The molecule has 0 amide bonds. The summed E-state index contributed by atoms with van der Waals surface area (Å²) in [7, 11) is 1.84. The van der Waals surface area contributed by atoms with Crippen molar-refractivity contribution < 1.29 is 9.90 Å². The highest BCUT2D eigenvalue weighted by Gasteiger charge is 2.23. The first-order valence-electron chi connectivity index (χ1n) is 7.40. The number of anilines is 1. The van der Waals surface area contributed by atoms with Gasteiger partial charge in [0.25, 0.3) is 0 Å². The van der Waals surface area contributed by atoms with Gasteiger partial charge in [0.15, 0.2) is 0 Å². The van der Waals surface area contributed by atoms with Crippen LogP contribution in [0.4, 0.5) is 5.95 Å². The molecule has 0 bridgehead atoms. The summed E-state index contributed by atoms with van der Waals surface area (Å²) in [6.07, 6.45) is 1.65. The highest BCUT2D eigenvalue weighted by atomic mass is 16.4. The van der Waals surface area contributed by atoms with Crippen molar-refractivity contribution in [2.45, 2.75) is 0 Å². The third kappa shape index (κ3) is 1.93. The molecule has 0 fully saturated rings. The summed E-state index contributed by atoms with van der Waals surface area (Å²) in [6, 6.07) is 13.1. The molecule has 2 aromatic heterocycles. The zero-order valence-corrected chi connectivity index (χ0v) is 12.9. The third-order valence-corrected chi connectivity index (χ3v) is 4.18. The van der Waals surface area contributed by atoms with Gasteiger partial charge in [-0.2, -0.15) is 0 Å². The SMILES string of the molecule is Cn1c(-c2ccccc2)c(C(=O)O)c2ccc3cnc(N)nc3c21. The van der Waals surface area contributed by atoms with Crippen molar-refractivity contribution in [1.82, 2.24) is 14.5 Å². The predicted octanol–water partition coefficient (Wildman–Crippen LogP) is 3.07. The average Bonchev–Trinajstić information content (AvgIpc) is 2.89. The van der Waals surface area contributed by atoms with Gasteiger partial charge in [0, 0.05) is 24.0 Å². The summed E-state index contributed by atoms with van der Waals surface area (Å²) in [5.74, 6) is -0.810. The number of aromatic carboxylic acids is 1. The lowest BCUT2D eigenvalue weighted by Gasteiger charge is -2.06. The molecule has 4 rings (SSSR count). The van der Waals surface area contributed by atoms with E-state index in [0.29, 0.717) is 16.6 Å². The van der Waals surface area contributed by atoms with Crippen molar-refractivity contribution in [2.24, 2.45) is 7.05 Å². The Kier molecular flexibility index (Phi) is 2.99. The van der Waals surface area contributed by atoms with E-state index in [0.717, 1.165) is 16.5 Å². The van der Waals surface area contributed by atoms with E-state index in [-0.39, 0.29) is 11.5 Å². The number of fused-ring (bicyclic) bond motifs is 3. The summed E-state index contributed by atoms with van der Waals surface area (Å²) in [6.45, 7) is 0. The van der Waals surface area contributed by atoms with E-state index in [1.54, 1.807) is 12.3 Å². The fourth-order valence-corrected chi connectivity index (χ4v) is 3.19. The van der Waals surface area contributed by atoms with Crippen LogP contribution in [-0.4, -0.2) is 25.6 Å². The minimum Gasteiger partial charge on any atom is -0.478 e. The van der Waals surface area contributed by atoms with Crippen LogP contribution in [0.15, 0.2) is 48.7 Å². The zero-order valence-electron chi connectivity index (χ0n) is 12.9. The maximum Gasteiger partial charge on any atom is 0.338 e. The lowest BCUT2D eigenvalue weighted by atomic mass is 10.0. The molecular weight excluding hydrogens is 304 g/mol. The smallest absolute Gasteiger partial charge is 0.338 e. The molecule has 3 N–H and O–H groups in total. The van der Waals surface area contributed by atoms with Crippen LogP contribution in [0.1, 0.15) is 10.4 Å². The van der Waals surface area contributed by atoms with Crippen LogP contribution in [0.5, 0.6) is 0 Å². The van der Waals surface area contributed by atoms with Gasteiger partial charge in [-0.15, -0.1) is 0 Å². The molecule has 6 nitrogen and oxygen atoms in total. The average molecular weight is 318 g/mol. The highest BCUT2D eigenvalue weighted by Crippen LogP contribution is 2.36. The largest absolute Gasteiger partial charge is 0.478 e. The number of aryl methyl sites for hydroxylation is 1. The number of benzene rings is 2. The normalized spacial score (nSPS) is 11.2. The Morgan fingerprint density at radius 1 is 1.17 bits per heavy atom. The molecule has 2 heterocycles.